The molecule has 1 atom stereocenters. The maximum Gasteiger partial charge on any atom is 0.0719 e. The molecule has 3 heterocycles. The molecule has 3 rings (SSSR count). The van der Waals surface area contributed by atoms with Gasteiger partial charge in [0.15, 0.2) is 0 Å². The minimum atomic E-state index is 0.136. The van der Waals surface area contributed by atoms with Gasteiger partial charge in [-0.2, -0.15) is 0 Å². The average molecular weight is 276 g/mol. The molecule has 2 fully saturated rings. The van der Waals surface area contributed by atoms with Gasteiger partial charge in [-0.1, -0.05) is 0 Å². The number of aromatic nitrogens is 1. The van der Waals surface area contributed by atoms with Gasteiger partial charge in [0.2, 0.25) is 0 Å². The summed E-state index contributed by atoms with van der Waals surface area (Å²) in [5, 5.41) is 0. The number of pyridine rings is 1. The van der Waals surface area contributed by atoms with E-state index in [0.717, 1.165) is 45.6 Å². The third-order valence-corrected chi connectivity index (χ3v) is 4.70. The zero-order chi connectivity index (χ0) is 13.8. The molecule has 0 radical (unpaired) electrons. The van der Waals surface area contributed by atoms with Gasteiger partial charge in [-0.15, -0.1) is 0 Å². The van der Waals surface area contributed by atoms with Crippen LogP contribution in [0.25, 0.3) is 0 Å². The molecule has 1 unspecified atom stereocenters. The topological polar surface area (TPSA) is 34.6 Å². The lowest BCUT2D eigenvalue weighted by Crippen LogP contribution is -2.44. The molecular weight excluding hydrogens is 252 g/mol. The number of nitrogens with zero attached hydrogens (tertiary/aromatic N) is 2. The van der Waals surface area contributed by atoms with Crippen LogP contribution in [-0.4, -0.2) is 44.0 Å². The Morgan fingerprint density at radius 2 is 2.30 bits per heavy atom. The Morgan fingerprint density at radius 1 is 1.45 bits per heavy atom. The number of rotatable bonds is 4. The number of hydrogen-bond acceptors (Lipinski definition) is 4. The van der Waals surface area contributed by atoms with Crippen molar-refractivity contribution in [2.75, 3.05) is 38.3 Å². The minimum absolute atomic E-state index is 0.136. The Labute approximate surface area is 121 Å². The fourth-order valence-corrected chi connectivity index (χ4v) is 3.47. The van der Waals surface area contributed by atoms with Gasteiger partial charge in [0.1, 0.15) is 0 Å². The standard InChI is InChI=1S/C16H24N2O2/c1-19-10-4-14-11-16(20-13-14)5-8-18(9-6-16)15-3-2-7-17-12-15/h2-3,7,12,14H,4-6,8-11,13H2,1H3. The van der Waals surface area contributed by atoms with Gasteiger partial charge in [0, 0.05) is 33.0 Å². The molecule has 0 aromatic carbocycles. The highest BCUT2D eigenvalue weighted by Gasteiger charge is 2.42. The summed E-state index contributed by atoms with van der Waals surface area (Å²) < 4.78 is 11.4. The third kappa shape index (κ3) is 2.96. The molecule has 2 aliphatic heterocycles. The Balaban J connectivity index is 1.54. The fourth-order valence-electron chi connectivity index (χ4n) is 3.47. The Bertz CT molecular complexity index is 416. The first-order chi connectivity index (χ1) is 9.81. The molecule has 110 valence electrons. The zero-order valence-electron chi connectivity index (χ0n) is 12.3. The largest absolute Gasteiger partial charge is 0.385 e. The molecule has 0 N–H and O–H groups in total. The van der Waals surface area contributed by atoms with Gasteiger partial charge in [-0.25, -0.2) is 0 Å². The van der Waals surface area contributed by atoms with Crippen molar-refractivity contribution in [3.8, 4) is 0 Å². The van der Waals surface area contributed by atoms with Crippen molar-refractivity contribution >= 4 is 5.69 Å². The van der Waals surface area contributed by atoms with Crippen molar-refractivity contribution in [1.29, 1.82) is 0 Å². The number of methoxy groups -OCH3 is 1. The molecular formula is C16H24N2O2. The van der Waals surface area contributed by atoms with E-state index in [1.54, 1.807) is 7.11 Å². The second-order valence-corrected chi connectivity index (χ2v) is 6.04. The normalized spacial score (nSPS) is 25.2. The molecule has 1 aromatic heterocycles. The summed E-state index contributed by atoms with van der Waals surface area (Å²) in [6.07, 6.45) is 8.38. The molecule has 1 aromatic rings. The molecule has 0 saturated carbocycles. The van der Waals surface area contributed by atoms with Crippen molar-refractivity contribution in [3.63, 3.8) is 0 Å². The predicted molar refractivity (Wildman–Crippen MR) is 79.0 cm³/mol. The summed E-state index contributed by atoms with van der Waals surface area (Å²) in [5.41, 5.74) is 1.37. The van der Waals surface area contributed by atoms with E-state index in [1.165, 1.54) is 12.1 Å². The molecule has 4 heteroatoms. The summed E-state index contributed by atoms with van der Waals surface area (Å²) in [5.74, 6) is 0.680. The van der Waals surface area contributed by atoms with Crippen LogP contribution in [0.4, 0.5) is 5.69 Å². The van der Waals surface area contributed by atoms with Gasteiger partial charge in [-0.3, -0.25) is 4.98 Å². The van der Waals surface area contributed by atoms with Gasteiger partial charge in [0.05, 0.1) is 24.1 Å². The SMILES string of the molecule is COCCC1COC2(CCN(c3cccnc3)CC2)C1. The van der Waals surface area contributed by atoms with Crippen LogP contribution >= 0.6 is 0 Å². The van der Waals surface area contributed by atoms with Gasteiger partial charge >= 0.3 is 0 Å². The van der Waals surface area contributed by atoms with Gasteiger partial charge in [0.25, 0.3) is 0 Å². The Kier molecular flexibility index (Phi) is 4.22. The predicted octanol–water partition coefficient (Wildman–Crippen LogP) is 2.49. The van der Waals surface area contributed by atoms with Crippen LogP contribution in [0, 0.1) is 5.92 Å². The van der Waals surface area contributed by atoms with Crippen molar-refractivity contribution in [2.45, 2.75) is 31.3 Å². The highest BCUT2D eigenvalue weighted by atomic mass is 16.5. The number of hydrogen-bond donors (Lipinski definition) is 0. The number of ether oxygens (including phenoxy) is 2. The molecule has 2 saturated heterocycles. The summed E-state index contributed by atoms with van der Waals surface area (Å²) in [6, 6.07) is 4.15. The van der Waals surface area contributed by atoms with Crippen molar-refractivity contribution in [3.05, 3.63) is 24.5 Å². The lowest BCUT2D eigenvalue weighted by Gasteiger charge is -2.39. The second-order valence-electron chi connectivity index (χ2n) is 6.04. The molecule has 2 aliphatic rings. The van der Waals surface area contributed by atoms with Crippen LogP contribution in [0.3, 0.4) is 0 Å². The summed E-state index contributed by atoms with van der Waals surface area (Å²) in [6.45, 7) is 3.91. The summed E-state index contributed by atoms with van der Waals surface area (Å²) in [4.78, 5) is 6.63. The fraction of sp³-hybridized carbons (Fsp3) is 0.688. The van der Waals surface area contributed by atoms with Crippen molar-refractivity contribution < 1.29 is 9.47 Å². The maximum atomic E-state index is 6.18. The maximum absolute atomic E-state index is 6.18. The van der Waals surface area contributed by atoms with E-state index < -0.39 is 0 Å². The van der Waals surface area contributed by atoms with E-state index in [2.05, 4.69) is 16.0 Å². The highest BCUT2D eigenvalue weighted by molar-refractivity contribution is 5.44. The zero-order valence-corrected chi connectivity index (χ0v) is 12.3. The number of anilines is 1. The van der Waals surface area contributed by atoms with E-state index in [0.29, 0.717) is 5.92 Å². The highest BCUT2D eigenvalue weighted by Crippen LogP contribution is 2.40. The van der Waals surface area contributed by atoms with Crippen LogP contribution in [0.1, 0.15) is 25.7 Å². The lowest BCUT2D eigenvalue weighted by atomic mass is 9.84. The van der Waals surface area contributed by atoms with E-state index in [1.807, 2.05) is 18.5 Å². The van der Waals surface area contributed by atoms with Crippen LogP contribution in [0.15, 0.2) is 24.5 Å². The lowest BCUT2D eigenvalue weighted by molar-refractivity contribution is -0.0154. The first kappa shape index (κ1) is 13.8. The van der Waals surface area contributed by atoms with Crippen LogP contribution in [-0.2, 0) is 9.47 Å². The Hall–Kier alpha value is -1.13. The van der Waals surface area contributed by atoms with Crippen LogP contribution in [0.5, 0.6) is 0 Å². The quantitative estimate of drug-likeness (QED) is 0.846. The van der Waals surface area contributed by atoms with Crippen LogP contribution < -0.4 is 4.90 Å². The molecule has 0 amide bonds. The summed E-state index contributed by atoms with van der Waals surface area (Å²) in [7, 11) is 1.78. The monoisotopic (exact) mass is 276 g/mol. The van der Waals surface area contributed by atoms with E-state index in [-0.39, 0.29) is 5.60 Å². The minimum Gasteiger partial charge on any atom is -0.385 e. The first-order valence-corrected chi connectivity index (χ1v) is 7.59. The van der Waals surface area contributed by atoms with E-state index in [4.69, 9.17) is 9.47 Å². The summed E-state index contributed by atoms with van der Waals surface area (Å²) >= 11 is 0. The average Bonchev–Trinajstić information content (AvgIpc) is 2.90. The Morgan fingerprint density at radius 3 is 3.00 bits per heavy atom. The van der Waals surface area contributed by atoms with Crippen molar-refractivity contribution in [1.82, 2.24) is 4.98 Å². The van der Waals surface area contributed by atoms with Crippen LogP contribution in [0.2, 0.25) is 0 Å². The smallest absolute Gasteiger partial charge is 0.0719 e. The van der Waals surface area contributed by atoms with Gasteiger partial charge < -0.3 is 14.4 Å². The molecule has 0 bridgehead atoms. The first-order valence-electron chi connectivity index (χ1n) is 7.59. The second kappa shape index (κ2) is 6.10. The van der Waals surface area contributed by atoms with E-state index in [9.17, 15) is 0 Å². The molecule has 0 aliphatic carbocycles. The van der Waals surface area contributed by atoms with E-state index >= 15 is 0 Å². The molecule has 1 spiro atoms. The molecule has 4 nitrogen and oxygen atoms in total. The number of piperidine rings is 1. The van der Waals surface area contributed by atoms with Crippen molar-refractivity contribution in [2.24, 2.45) is 5.92 Å². The van der Waals surface area contributed by atoms with Gasteiger partial charge in [-0.05, 0) is 43.7 Å². The third-order valence-electron chi connectivity index (χ3n) is 4.70. The molecule has 20 heavy (non-hydrogen) atoms.